The highest BCUT2D eigenvalue weighted by Crippen LogP contribution is 2.34. The summed E-state index contributed by atoms with van der Waals surface area (Å²) >= 11 is 6.20. The van der Waals surface area contributed by atoms with Crippen LogP contribution < -0.4 is 5.32 Å². The van der Waals surface area contributed by atoms with Crippen LogP contribution in [0.4, 0.5) is 18.9 Å². The van der Waals surface area contributed by atoms with Crippen LogP contribution in [0.5, 0.6) is 0 Å². The molecule has 1 aromatic heterocycles. The monoisotopic (exact) mass is 444 g/mol. The predicted molar refractivity (Wildman–Crippen MR) is 113 cm³/mol. The lowest BCUT2D eigenvalue weighted by Crippen LogP contribution is -2.15. The number of oxazole rings is 1. The number of anilines is 1. The van der Waals surface area contributed by atoms with Gasteiger partial charge in [0.2, 0.25) is 5.89 Å². The highest BCUT2D eigenvalue weighted by atomic mass is 35.5. The normalized spacial score (nSPS) is 11.7. The molecule has 0 aliphatic carbocycles. The van der Waals surface area contributed by atoms with E-state index in [-0.39, 0.29) is 21.8 Å². The zero-order valence-corrected chi connectivity index (χ0v) is 17.2. The summed E-state index contributed by atoms with van der Waals surface area (Å²) in [4.78, 5) is 17.0. The van der Waals surface area contributed by atoms with E-state index in [0.717, 1.165) is 11.6 Å². The van der Waals surface area contributed by atoms with Crippen molar-refractivity contribution < 1.29 is 22.4 Å². The molecule has 4 nitrogen and oxygen atoms in total. The maximum absolute atomic E-state index is 13.2. The Morgan fingerprint density at radius 3 is 2.55 bits per heavy atom. The number of amides is 1. The molecule has 4 rings (SSSR count). The lowest BCUT2D eigenvalue weighted by Gasteiger charge is -2.13. The average Bonchev–Trinajstić information content (AvgIpc) is 3.12. The van der Waals surface area contributed by atoms with E-state index in [1.54, 1.807) is 18.2 Å². The summed E-state index contributed by atoms with van der Waals surface area (Å²) in [5, 5.41) is 2.80. The van der Waals surface area contributed by atoms with Gasteiger partial charge in [-0.25, -0.2) is 4.98 Å². The molecule has 31 heavy (non-hydrogen) atoms. The number of hydrogen-bond acceptors (Lipinski definition) is 3. The van der Waals surface area contributed by atoms with Crippen molar-refractivity contribution in [1.29, 1.82) is 0 Å². The van der Waals surface area contributed by atoms with Crippen molar-refractivity contribution >= 4 is 34.3 Å². The molecule has 8 heteroatoms. The molecule has 0 aliphatic heterocycles. The van der Waals surface area contributed by atoms with Crippen molar-refractivity contribution in [1.82, 2.24) is 4.98 Å². The van der Waals surface area contributed by atoms with Gasteiger partial charge in [0.05, 0.1) is 16.3 Å². The lowest BCUT2D eigenvalue weighted by atomic mass is 10.0. The second-order valence-corrected chi connectivity index (χ2v) is 7.57. The standard InChI is InChI=1S/C23H16ClF3N2O2/c1-12-3-8-18-20(9-12)31-22(29-18)15-6-7-17(24)19(11-15)28-21(30)14-5-4-13(2)16(10-14)23(25,26)27/h3-11H,1-2H3,(H,28,30). The molecule has 3 aromatic carbocycles. The van der Waals surface area contributed by atoms with Gasteiger partial charge in [0, 0.05) is 11.1 Å². The van der Waals surface area contributed by atoms with Crippen LogP contribution in [0.15, 0.2) is 59.0 Å². The van der Waals surface area contributed by atoms with Gasteiger partial charge in [-0.2, -0.15) is 13.2 Å². The summed E-state index contributed by atoms with van der Waals surface area (Å²) in [7, 11) is 0. The van der Waals surface area contributed by atoms with E-state index in [1.165, 1.54) is 19.1 Å². The van der Waals surface area contributed by atoms with E-state index in [4.69, 9.17) is 16.0 Å². The summed E-state index contributed by atoms with van der Waals surface area (Å²) in [5.74, 6) is -0.375. The number of halogens is 4. The van der Waals surface area contributed by atoms with Gasteiger partial charge >= 0.3 is 6.18 Å². The van der Waals surface area contributed by atoms with Crippen LogP contribution in [-0.4, -0.2) is 10.9 Å². The Hall–Kier alpha value is -3.32. The first kappa shape index (κ1) is 20.9. The van der Waals surface area contributed by atoms with Crippen molar-refractivity contribution in [2.75, 3.05) is 5.32 Å². The van der Waals surface area contributed by atoms with Crippen molar-refractivity contribution in [3.8, 4) is 11.5 Å². The van der Waals surface area contributed by atoms with Crippen molar-refractivity contribution in [2.24, 2.45) is 0 Å². The Morgan fingerprint density at radius 2 is 1.81 bits per heavy atom. The number of aromatic nitrogens is 1. The molecule has 0 radical (unpaired) electrons. The minimum atomic E-state index is -4.55. The number of aryl methyl sites for hydroxylation is 2. The van der Waals surface area contributed by atoms with Crippen LogP contribution in [0.25, 0.3) is 22.6 Å². The van der Waals surface area contributed by atoms with Crippen LogP contribution in [0.3, 0.4) is 0 Å². The number of benzene rings is 3. The Labute approximate surface area is 180 Å². The Morgan fingerprint density at radius 1 is 1.03 bits per heavy atom. The van der Waals surface area contributed by atoms with Crippen LogP contribution in [0.1, 0.15) is 27.0 Å². The van der Waals surface area contributed by atoms with Gasteiger partial charge in [0.15, 0.2) is 5.58 Å². The Kier molecular flexibility index (Phi) is 5.23. The molecule has 0 aliphatic rings. The van der Waals surface area contributed by atoms with Crippen LogP contribution in [0, 0.1) is 13.8 Å². The highest BCUT2D eigenvalue weighted by molar-refractivity contribution is 6.34. The molecule has 4 aromatic rings. The zero-order valence-electron chi connectivity index (χ0n) is 16.5. The minimum absolute atomic E-state index is 0.0373. The summed E-state index contributed by atoms with van der Waals surface area (Å²) in [5.41, 5.74) is 2.17. The predicted octanol–water partition coefficient (Wildman–Crippen LogP) is 7.04. The molecule has 0 fully saturated rings. The minimum Gasteiger partial charge on any atom is -0.436 e. The highest BCUT2D eigenvalue weighted by Gasteiger charge is 2.33. The van der Waals surface area contributed by atoms with Gasteiger partial charge in [-0.05, 0) is 67.4 Å². The van der Waals surface area contributed by atoms with E-state index < -0.39 is 17.6 Å². The van der Waals surface area contributed by atoms with Gasteiger partial charge < -0.3 is 9.73 Å². The maximum atomic E-state index is 13.2. The lowest BCUT2D eigenvalue weighted by molar-refractivity contribution is -0.138. The fourth-order valence-electron chi connectivity index (χ4n) is 3.17. The van der Waals surface area contributed by atoms with E-state index in [1.807, 2.05) is 25.1 Å². The largest absolute Gasteiger partial charge is 0.436 e. The summed E-state index contributed by atoms with van der Waals surface area (Å²) in [6, 6.07) is 13.8. The molecular weight excluding hydrogens is 429 g/mol. The average molecular weight is 445 g/mol. The van der Waals surface area contributed by atoms with Gasteiger partial charge in [-0.1, -0.05) is 23.7 Å². The molecule has 0 saturated carbocycles. The van der Waals surface area contributed by atoms with Gasteiger partial charge in [0.25, 0.3) is 5.91 Å². The SMILES string of the molecule is Cc1ccc2nc(-c3ccc(Cl)c(NC(=O)c4ccc(C)c(C(F)(F)F)c4)c3)oc2c1. The number of rotatable bonds is 3. The fourth-order valence-corrected chi connectivity index (χ4v) is 3.34. The van der Waals surface area contributed by atoms with Crippen molar-refractivity contribution in [2.45, 2.75) is 20.0 Å². The maximum Gasteiger partial charge on any atom is 0.416 e. The van der Waals surface area contributed by atoms with Crippen molar-refractivity contribution in [3.05, 3.63) is 81.9 Å². The third kappa shape index (κ3) is 4.27. The smallest absolute Gasteiger partial charge is 0.416 e. The second-order valence-electron chi connectivity index (χ2n) is 7.17. The molecule has 0 spiro atoms. The first-order chi connectivity index (χ1) is 14.6. The summed E-state index contributed by atoms with van der Waals surface area (Å²) in [6.07, 6.45) is -4.55. The summed E-state index contributed by atoms with van der Waals surface area (Å²) < 4.78 is 45.3. The van der Waals surface area contributed by atoms with Gasteiger partial charge in [-0.15, -0.1) is 0 Å². The molecule has 1 N–H and O–H groups in total. The van der Waals surface area contributed by atoms with E-state index in [0.29, 0.717) is 22.6 Å². The number of alkyl halides is 3. The molecule has 0 atom stereocenters. The van der Waals surface area contributed by atoms with E-state index in [2.05, 4.69) is 10.3 Å². The number of nitrogens with one attached hydrogen (secondary N) is 1. The van der Waals surface area contributed by atoms with Gasteiger partial charge in [-0.3, -0.25) is 4.79 Å². The third-order valence-electron chi connectivity index (χ3n) is 4.81. The Bertz CT molecular complexity index is 1310. The number of hydrogen-bond donors (Lipinski definition) is 1. The first-order valence-electron chi connectivity index (χ1n) is 9.28. The molecule has 1 heterocycles. The zero-order chi connectivity index (χ0) is 22.3. The quantitative estimate of drug-likeness (QED) is 0.369. The molecule has 0 unspecified atom stereocenters. The molecule has 0 bridgehead atoms. The molecule has 1 amide bonds. The third-order valence-corrected chi connectivity index (χ3v) is 5.14. The van der Waals surface area contributed by atoms with E-state index in [9.17, 15) is 18.0 Å². The number of fused-ring (bicyclic) bond motifs is 1. The Balaban J connectivity index is 1.65. The molecule has 0 saturated heterocycles. The fraction of sp³-hybridized carbons (Fsp3) is 0.130. The first-order valence-corrected chi connectivity index (χ1v) is 9.66. The van der Waals surface area contributed by atoms with Crippen LogP contribution in [0.2, 0.25) is 5.02 Å². The van der Waals surface area contributed by atoms with Gasteiger partial charge in [0.1, 0.15) is 5.52 Å². The van der Waals surface area contributed by atoms with Crippen LogP contribution in [-0.2, 0) is 6.18 Å². The van der Waals surface area contributed by atoms with Crippen molar-refractivity contribution in [3.63, 3.8) is 0 Å². The van der Waals surface area contributed by atoms with Crippen LogP contribution >= 0.6 is 11.6 Å². The number of nitrogens with zero attached hydrogens (tertiary/aromatic N) is 1. The number of carbonyl (C=O) groups excluding carboxylic acids is 1. The molecular formula is C23H16ClF3N2O2. The van der Waals surface area contributed by atoms with E-state index >= 15 is 0 Å². The number of carbonyl (C=O) groups is 1. The summed E-state index contributed by atoms with van der Waals surface area (Å²) in [6.45, 7) is 3.28. The molecule has 158 valence electrons. The second kappa shape index (κ2) is 7.74. The topological polar surface area (TPSA) is 55.1 Å².